The minimum atomic E-state index is -1.14. The van der Waals surface area contributed by atoms with Gasteiger partial charge in [-0.25, -0.2) is 9.78 Å². The first-order chi connectivity index (χ1) is 13.4. The maximum atomic E-state index is 12.4. The molecule has 0 radical (unpaired) electrons. The van der Waals surface area contributed by atoms with Gasteiger partial charge in [0.05, 0.1) is 12.2 Å². The quantitative estimate of drug-likeness (QED) is 0.601. The highest BCUT2D eigenvalue weighted by molar-refractivity contribution is 6.07. The van der Waals surface area contributed by atoms with Crippen LogP contribution in [0.4, 0.5) is 4.79 Å². The van der Waals surface area contributed by atoms with E-state index in [0.717, 1.165) is 17.0 Å². The van der Waals surface area contributed by atoms with Gasteiger partial charge in [0, 0.05) is 17.5 Å². The second-order valence-electron chi connectivity index (χ2n) is 6.92. The normalized spacial score (nSPS) is 18.8. The summed E-state index contributed by atoms with van der Waals surface area (Å²) in [5.74, 6) is -0.665. The van der Waals surface area contributed by atoms with Crippen molar-refractivity contribution in [2.24, 2.45) is 0 Å². The summed E-state index contributed by atoms with van der Waals surface area (Å²) in [5, 5.41) is 7.66. The van der Waals surface area contributed by atoms with Crippen LogP contribution in [0.25, 0.3) is 5.65 Å². The molecule has 0 spiro atoms. The summed E-state index contributed by atoms with van der Waals surface area (Å²) in [7, 11) is 0. The van der Waals surface area contributed by atoms with Crippen molar-refractivity contribution in [2.45, 2.75) is 25.9 Å². The van der Waals surface area contributed by atoms with Gasteiger partial charge in [0.25, 0.3) is 11.8 Å². The molecule has 0 saturated carbocycles. The van der Waals surface area contributed by atoms with Crippen molar-refractivity contribution < 1.29 is 14.4 Å². The van der Waals surface area contributed by atoms with Crippen LogP contribution in [-0.2, 0) is 16.9 Å². The van der Waals surface area contributed by atoms with Crippen LogP contribution in [0.3, 0.4) is 0 Å². The fourth-order valence-electron chi connectivity index (χ4n) is 3.26. The number of nitrogens with one attached hydrogen (secondary N) is 3. The molecule has 1 aliphatic heterocycles. The molecule has 1 unspecified atom stereocenters. The highest BCUT2D eigenvalue weighted by Gasteiger charge is 2.43. The van der Waals surface area contributed by atoms with E-state index in [9.17, 15) is 14.4 Å². The number of imide groups is 1. The maximum absolute atomic E-state index is 12.4. The zero-order valence-electron chi connectivity index (χ0n) is 15.4. The van der Waals surface area contributed by atoms with Gasteiger partial charge in [-0.1, -0.05) is 18.2 Å². The largest absolute Gasteiger partial charge is 0.346 e. The predicted octanol–water partition coefficient (Wildman–Crippen LogP) is 1.63. The summed E-state index contributed by atoms with van der Waals surface area (Å²) in [6.45, 7) is 3.91. The van der Waals surface area contributed by atoms with Crippen molar-refractivity contribution in [1.29, 1.82) is 0 Å². The topological polar surface area (TPSA) is 105 Å². The van der Waals surface area contributed by atoms with Crippen molar-refractivity contribution in [1.82, 2.24) is 25.3 Å². The zero-order valence-corrected chi connectivity index (χ0v) is 15.4. The molecule has 3 heterocycles. The fraction of sp³-hybridized carbons (Fsp3) is 0.200. The van der Waals surface area contributed by atoms with E-state index in [-0.39, 0.29) is 5.91 Å². The van der Waals surface area contributed by atoms with Crippen LogP contribution >= 0.6 is 0 Å². The Kier molecular flexibility index (Phi) is 4.11. The van der Waals surface area contributed by atoms with Crippen molar-refractivity contribution in [3.05, 3.63) is 71.2 Å². The monoisotopic (exact) mass is 377 g/mol. The number of carbonyl (C=O) groups excluding carboxylic acids is 3. The van der Waals surface area contributed by atoms with E-state index in [2.05, 4.69) is 20.9 Å². The second-order valence-corrected chi connectivity index (χ2v) is 6.92. The van der Waals surface area contributed by atoms with E-state index >= 15 is 0 Å². The van der Waals surface area contributed by atoms with Crippen molar-refractivity contribution >= 4 is 23.5 Å². The van der Waals surface area contributed by atoms with E-state index in [0.29, 0.717) is 17.7 Å². The lowest BCUT2D eigenvalue weighted by atomic mass is 9.91. The van der Waals surface area contributed by atoms with Crippen LogP contribution < -0.4 is 16.0 Å². The second kappa shape index (κ2) is 6.49. The van der Waals surface area contributed by atoms with E-state index < -0.39 is 17.5 Å². The van der Waals surface area contributed by atoms with Crippen molar-refractivity contribution in [2.75, 3.05) is 0 Å². The number of hydrogen-bond donors (Lipinski definition) is 3. The number of aryl methyl sites for hydroxylation is 1. The van der Waals surface area contributed by atoms with Gasteiger partial charge in [-0.3, -0.25) is 14.9 Å². The summed E-state index contributed by atoms with van der Waals surface area (Å²) < 4.78 is 1.97. The average molecular weight is 377 g/mol. The van der Waals surface area contributed by atoms with Gasteiger partial charge in [0.2, 0.25) is 0 Å². The molecule has 1 aliphatic rings. The first-order valence-electron chi connectivity index (χ1n) is 8.83. The number of aromatic nitrogens is 2. The zero-order chi connectivity index (χ0) is 19.9. The molecule has 8 nitrogen and oxygen atoms in total. The SMILES string of the molecule is Cc1cccc2nc(CNC(=O)c3ccc(C4(C)NC(=O)NC4=O)cc3)cn12. The number of urea groups is 1. The number of hydrogen-bond acceptors (Lipinski definition) is 4. The van der Waals surface area contributed by atoms with Gasteiger partial charge < -0.3 is 15.0 Å². The molecule has 28 heavy (non-hydrogen) atoms. The number of imidazole rings is 1. The lowest BCUT2D eigenvalue weighted by molar-refractivity contribution is -0.123. The minimum Gasteiger partial charge on any atom is -0.346 e. The summed E-state index contributed by atoms with van der Waals surface area (Å²) in [4.78, 5) is 40.3. The summed E-state index contributed by atoms with van der Waals surface area (Å²) in [6.07, 6.45) is 1.90. The van der Waals surface area contributed by atoms with Crippen LogP contribution in [0.5, 0.6) is 0 Å². The minimum absolute atomic E-state index is 0.245. The fourth-order valence-corrected chi connectivity index (χ4v) is 3.26. The Labute approximate surface area is 161 Å². The molecule has 4 rings (SSSR count). The molecule has 1 fully saturated rings. The third kappa shape index (κ3) is 2.98. The summed E-state index contributed by atoms with van der Waals surface area (Å²) >= 11 is 0. The van der Waals surface area contributed by atoms with Gasteiger partial charge in [-0.05, 0) is 43.7 Å². The van der Waals surface area contributed by atoms with Gasteiger partial charge >= 0.3 is 6.03 Å². The average Bonchev–Trinajstić information content (AvgIpc) is 3.21. The number of rotatable bonds is 4. The molecule has 142 valence electrons. The number of pyridine rings is 1. The highest BCUT2D eigenvalue weighted by atomic mass is 16.2. The molecule has 3 N–H and O–H groups in total. The molecular weight excluding hydrogens is 358 g/mol. The van der Waals surface area contributed by atoms with Crippen molar-refractivity contribution in [3.63, 3.8) is 0 Å². The third-order valence-electron chi connectivity index (χ3n) is 4.95. The van der Waals surface area contributed by atoms with Crippen LogP contribution in [0, 0.1) is 6.92 Å². The van der Waals surface area contributed by atoms with Gasteiger partial charge in [0.1, 0.15) is 11.2 Å². The van der Waals surface area contributed by atoms with Gasteiger partial charge in [0.15, 0.2) is 0 Å². The van der Waals surface area contributed by atoms with Gasteiger partial charge in [-0.2, -0.15) is 0 Å². The van der Waals surface area contributed by atoms with E-state index in [4.69, 9.17) is 0 Å². The summed E-state index contributed by atoms with van der Waals surface area (Å²) in [5.41, 5.74) is 2.58. The lowest BCUT2D eigenvalue weighted by Gasteiger charge is -2.21. The first kappa shape index (κ1) is 17.7. The number of carbonyl (C=O) groups is 3. The van der Waals surface area contributed by atoms with Crippen LogP contribution in [-0.4, -0.2) is 27.2 Å². The van der Waals surface area contributed by atoms with E-state index in [1.807, 2.05) is 35.7 Å². The number of amides is 4. The van der Waals surface area contributed by atoms with Crippen LogP contribution in [0.15, 0.2) is 48.7 Å². The molecule has 3 aromatic rings. The third-order valence-corrected chi connectivity index (χ3v) is 4.95. The molecule has 0 aliphatic carbocycles. The number of fused-ring (bicyclic) bond motifs is 1. The van der Waals surface area contributed by atoms with E-state index in [1.165, 1.54) is 0 Å². The molecule has 8 heteroatoms. The number of nitrogens with zero attached hydrogens (tertiary/aromatic N) is 2. The standard InChI is InChI=1S/C20H19N5O3/c1-12-4-3-5-16-22-15(11-25(12)16)10-21-17(26)13-6-8-14(9-7-13)20(2)18(27)23-19(28)24-20/h3-9,11H,10H2,1-2H3,(H,21,26)(H2,23,24,27,28). The Hall–Kier alpha value is -3.68. The summed E-state index contributed by atoms with van der Waals surface area (Å²) in [6, 6.07) is 11.9. The molecule has 4 amide bonds. The molecular formula is C20H19N5O3. The van der Waals surface area contributed by atoms with Crippen LogP contribution in [0.1, 0.15) is 34.2 Å². The van der Waals surface area contributed by atoms with Crippen molar-refractivity contribution in [3.8, 4) is 0 Å². The predicted molar refractivity (Wildman–Crippen MR) is 102 cm³/mol. The Morgan fingerprint density at radius 1 is 1.18 bits per heavy atom. The molecule has 1 saturated heterocycles. The first-order valence-corrected chi connectivity index (χ1v) is 8.83. The van der Waals surface area contributed by atoms with E-state index in [1.54, 1.807) is 31.2 Å². The molecule has 0 bridgehead atoms. The molecule has 1 atom stereocenters. The smallest absolute Gasteiger partial charge is 0.322 e. The molecule has 1 aromatic carbocycles. The Balaban J connectivity index is 1.45. The Morgan fingerprint density at radius 3 is 2.57 bits per heavy atom. The number of benzene rings is 1. The molecule has 2 aromatic heterocycles. The lowest BCUT2D eigenvalue weighted by Crippen LogP contribution is -2.40. The Bertz CT molecular complexity index is 1100. The highest BCUT2D eigenvalue weighted by Crippen LogP contribution is 2.24. The Morgan fingerprint density at radius 2 is 1.93 bits per heavy atom. The van der Waals surface area contributed by atoms with Gasteiger partial charge in [-0.15, -0.1) is 0 Å². The van der Waals surface area contributed by atoms with Crippen LogP contribution in [0.2, 0.25) is 0 Å². The maximum Gasteiger partial charge on any atom is 0.322 e.